The number of nitrogens with one attached hydrogen (secondary N) is 1. The zero-order chi connectivity index (χ0) is 13.8. The van der Waals surface area contributed by atoms with E-state index in [-0.39, 0.29) is 30.3 Å². The summed E-state index contributed by atoms with van der Waals surface area (Å²) in [6.45, 7) is 1.97. The highest BCUT2D eigenvalue weighted by Crippen LogP contribution is 2.27. The molecule has 1 saturated heterocycles. The predicted octanol–water partition coefficient (Wildman–Crippen LogP) is 1.45. The summed E-state index contributed by atoms with van der Waals surface area (Å²) in [6, 6.07) is -0.435. The molecule has 0 bridgehead atoms. The molecule has 1 heterocycles. The van der Waals surface area contributed by atoms with Gasteiger partial charge in [0.2, 0.25) is 11.8 Å². The zero-order valence-electron chi connectivity index (χ0n) is 11.5. The van der Waals surface area contributed by atoms with Gasteiger partial charge in [-0.25, -0.2) is 0 Å². The molecule has 0 radical (unpaired) electrons. The maximum absolute atomic E-state index is 12.4. The van der Waals surface area contributed by atoms with Crippen LogP contribution in [0.3, 0.4) is 0 Å². The fourth-order valence-electron chi connectivity index (χ4n) is 3.03. The second-order valence-corrected chi connectivity index (χ2v) is 5.44. The topological polar surface area (TPSA) is 49.4 Å². The number of imide groups is 1. The minimum absolute atomic E-state index is 0.0405. The molecule has 2 amide bonds. The molecule has 0 aromatic carbocycles. The third-order valence-electron chi connectivity index (χ3n) is 4.13. The van der Waals surface area contributed by atoms with Gasteiger partial charge in [-0.15, -0.1) is 6.42 Å². The number of hydrogen-bond acceptors (Lipinski definition) is 3. The van der Waals surface area contributed by atoms with Gasteiger partial charge in [0.25, 0.3) is 0 Å². The van der Waals surface area contributed by atoms with Crippen molar-refractivity contribution in [1.29, 1.82) is 0 Å². The Hall–Kier alpha value is -1.34. The first-order valence-corrected chi connectivity index (χ1v) is 7.25. The summed E-state index contributed by atoms with van der Waals surface area (Å²) >= 11 is 0. The maximum Gasteiger partial charge on any atom is 0.247 e. The van der Waals surface area contributed by atoms with Crippen LogP contribution in [0.2, 0.25) is 0 Å². The Labute approximate surface area is 114 Å². The summed E-state index contributed by atoms with van der Waals surface area (Å²) in [6.07, 6.45) is 11.8. The van der Waals surface area contributed by atoms with E-state index < -0.39 is 6.04 Å². The molecule has 0 spiro atoms. The summed E-state index contributed by atoms with van der Waals surface area (Å²) in [4.78, 5) is 25.9. The van der Waals surface area contributed by atoms with Crippen LogP contribution in [0.1, 0.15) is 51.9 Å². The van der Waals surface area contributed by atoms with Crippen LogP contribution in [0.4, 0.5) is 0 Å². The molecule has 1 aliphatic carbocycles. The molecular weight excluding hydrogens is 240 g/mol. The summed E-state index contributed by atoms with van der Waals surface area (Å²) < 4.78 is 0. The Morgan fingerprint density at radius 1 is 1.37 bits per heavy atom. The van der Waals surface area contributed by atoms with Crippen LogP contribution in [-0.2, 0) is 9.59 Å². The van der Waals surface area contributed by atoms with E-state index in [1.54, 1.807) is 0 Å². The normalized spacial score (nSPS) is 26.5. The average molecular weight is 262 g/mol. The Morgan fingerprint density at radius 3 is 2.63 bits per heavy atom. The van der Waals surface area contributed by atoms with Crippen molar-refractivity contribution in [2.75, 3.05) is 0 Å². The van der Waals surface area contributed by atoms with Gasteiger partial charge in [-0.05, 0) is 19.3 Å². The van der Waals surface area contributed by atoms with Gasteiger partial charge in [-0.1, -0.05) is 32.1 Å². The highest BCUT2D eigenvalue weighted by molar-refractivity contribution is 6.05. The lowest BCUT2D eigenvalue weighted by Gasteiger charge is -2.29. The summed E-state index contributed by atoms with van der Waals surface area (Å²) in [5.41, 5.74) is 0. The van der Waals surface area contributed by atoms with Gasteiger partial charge in [0.15, 0.2) is 0 Å². The lowest BCUT2D eigenvalue weighted by molar-refractivity contribution is -0.142. The van der Waals surface area contributed by atoms with Gasteiger partial charge in [-0.2, -0.15) is 0 Å². The molecule has 2 aliphatic rings. The number of carbonyl (C=O) groups is 2. The van der Waals surface area contributed by atoms with E-state index in [0.29, 0.717) is 0 Å². The molecule has 1 saturated carbocycles. The van der Waals surface area contributed by atoms with E-state index in [0.717, 1.165) is 32.1 Å². The fraction of sp³-hybridized carbons (Fsp3) is 0.733. The van der Waals surface area contributed by atoms with Crippen molar-refractivity contribution < 1.29 is 9.59 Å². The molecule has 2 fully saturated rings. The number of nitrogens with zero attached hydrogens (tertiary/aromatic N) is 1. The van der Waals surface area contributed by atoms with E-state index in [1.165, 1.54) is 11.3 Å². The van der Waals surface area contributed by atoms with Crippen molar-refractivity contribution in [3.05, 3.63) is 0 Å². The average Bonchev–Trinajstić information content (AvgIpc) is 2.71. The van der Waals surface area contributed by atoms with Crippen LogP contribution in [0, 0.1) is 12.3 Å². The molecule has 104 valence electrons. The number of hydrogen-bond donors (Lipinski definition) is 1. The smallest absolute Gasteiger partial charge is 0.247 e. The van der Waals surface area contributed by atoms with E-state index in [4.69, 9.17) is 6.42 Å². The number of carbonyl (C=O) groups excluding carboxylic acids is 2. The van der Waals surface area contributed by atoms with E-state index >= 15 is 0 Å². The fourth-order valence-corrected chi connectivity index (χ4v) is 3.03. The molecule has 4 nitrogen and oxygen atoms in total. The van der Waals surface area contributed by atoms with E-state index in [9.17, 15) is 9.59 Å². The van der Waals surface area contributed by atoms with Crippen molar-refractivity contribution in [1.82, 2.24) is 10.2 Å². The monoisotopic (exact) mass is 262 g/mol. The van der Waals surface area contributed by atoms with Gasteiger partial charge < -0.3 is 0 Å². The second-order valence-electron chi connectivity index (χ2n) is 5.44. The number of rotatable bonds is 4. The van der Waals surface area contributed by atoms with Crippen LogP contribution >= 0.6 is 0 Å². The number of terminal acetylenes is 1. The van der Waals surface area contributed by atoms with Crippen LogP contribution < -0.4 is 5.32 Å². The molecule has 0 aromatic heterocycles. The largest absolute Gasteiger partial charge is 0.292 e. The summed E-state index contributed by atoms with van der Waals surface area (Å²) in [5, 5.41) is 3.12. The lowest BCUT2D eigenvalue weighted by atomic mass is 9.94. The Balaban J connectivity index is 2.01. The van der Waals surface area contributed by atoms with Gasteiger partial charge in [-0.3, -0.25) is 19.8 Å². The van der Waals surface area contributed by atoms with Gasteiger partial charge in [0, 0.05) is 6.04 Å². The third kappa shape index (κ3) is 2.98. The lowest BCUT2D eigenvalue weighted by Crippen LogP contribution is -2.46. The molecular formula is C15H22N2O2. The standard InChI is InChI=1S/C15H22N2O2/c1-3-11(4-2)16-13-10-14(18)17(15(13)19)12-8-6-5-7-9-12/h1,11-13,16H,4-10H2,2H3. The van der Waals surface area contributed by atoms with Gasteiger partial charge in [0.05, 0.1) is 18.5 Å². The van der Waals surface area contributed by atoms with Crippen molar-refractivity contribution in [3.63, 3.8) is 0 Å². The quantitative estimate of drug-likeness (QED) is 0.616. The van der Waals surface area contributed by atoms with Crippen molar-refractivity contribution in [2.24, 2.45) is 0 Å². The number of amides is 2. The Bertz CT molecular complexity index is 393. The molecule has 1 N–H and O–H groups in total. The second kappa shape index (κ2) is 6.21. The first-order valence-electron chi connectivity index (χ1n) is 7.25. The SMILES string of the molecule is C#CC(CC)NC1CC(=O)N(C2CCCCC2)C1=O. The van der Waals surface area contributed by atoms with Gasteiger partial charge >= 0.3 is 0 Å². The zero-order valence-corrected chi connectivity index (χ0v) is 11.5. The summed E-state index contributed by atoms with van der Waals surface area (Å²) in [5.74, 6) is 2.50. The first-order chi connectivity index (χ1) is 9.17. The van der Waals surface area contributed by atoms with E-state index in [2.05, 4.69) is 11.2 Å². The maximum atomic E-state index is 12.4. The number of likely N-dealkylation sites (tertiary alicyclic amines) is 1. The summed E-state index contributed by atoms with van der Waals surface area (Å²) in [7, 11) is 0. The minimum Gasteiger partial charge on any atom is -0.292 e. The molecule has 2 atom stereocenters. The van der Waals surface area contributed by atoms with Crippen molar-refractivity contribution in [3.8, 4) is 12.3 Å². The molecule has 4 heteroatoms. The Kier molecular flexibility index (Phi) is 4.60. The van der Waals surface area contributed by atoms with Crippen LogP contribution in [-0.4, -0.2) is 34.8 Å². The highest BCUT2D eigenvalue weighted by Gasteiger charge is 2.42. The predicted molar refractivity (Wildman–Crippen MR) is 73.2 cm³/mol. The third-order valence-corrected chi connectivity index (χ3v) is 4.13. The van der Waals surface area contributed by atoms with E-state index in [1.807, 2.05) is 6.92 Å². The molecule has 0 aromatic rings. The Morgan fingerprint density at radius 2 is 2.05 bits per heavy atom. The van der Waals surface area contributed by atoms with Crippen LogP contribution in [0.5, 0.6) is 0 Å². The van der Waals surface area contributed by atoms with Crippen LogP contribution in [0.15, 0.2) is 0 Å². The first kappa shape index (κ1) is 14.1. The van der Waals surface area contributed by atoms with Crippen LogP contribution in [0.25, 0.3) is 0 Å². The molecule has 2 rings (SSSR count). The molecule has 2 unspecified atom stereocenters. The minimum atomic E-state index is -0.421. The van der Waals surface area contributed by atoms with Crippen molar-refractivity contribution >= 4 is 11.8 Å². The molecule has 19 heavy (non-hydrogen) atoms. The van der Waals surface area contributed by atoms with Gasteiger partial charge in [0.1, 0.15) is 0 Å². The molecule has 1 aliphatic heterocycles. The van der Waals surface area contributed by atoms with Crippen molar-refractivity contribution in [2.45, 2.75) is 70.0 Å². The highest BCUT2D eigenvalue weighted by atomic mass is 16.2.